The van der Waals surface area contributed by atoms with Gasteiger partial charge in [-0.15, -0.1) is 0 Å². The first-order valence-electron chi connectivity index (χ1n) is 5.60. The number of halogens is 4. The zero-order chi connectivity index (χ0) is 14.9. The van der Waals surface area contributed by atoms with Crippen molar-refractivity contribution in [2.24, 2.45) is 0 Å². The number of nitrogens with one attached hydrogen (secondary N) is 1. The van der Waals surface area contributed by atoms with E-state index in [2.05, 4.69) is 21.2 Å². The van der Waals surface area contributed by atoms with Gasteiger partial charge in [0.2, 0.25) is 0 Å². The lowest BCUT2D eigenvalue weighted by molar-refractivity contribution is 0.102. The molecule has 0 aromatic heterocycles. The first-order chi connectivity index (χ1) is 9.38. The average Bonchev–Trinajstić information content (AvgIpc) is 2.38. The van der Waals surface area contributed by atoms with Gasteiger partial charge in [-0.1, -0.05) is 22.0 Å². The number of rotatable bonds is 2. The van der Waals surface area contributed by atoms with Crippen molar-refractivity contribution in [3.8, 4) is 0 Å². The van der Waals surface area contributed by atoms with Crippen molar-refractivity contribution in [3.63, 3.8) is 0 Å². The summed E-state index contributed by atoms with van der Waals surface area (Å²) in [7, 11) is 0. The van der Waals surface area contributed by atoms with Crippen LogP contribution in [0.2, 0.25) is 0 Å². The highest BCUT2D eigenvalue weighted by molar-refractivity contribution is 9.10. The number of hydrogen-bond acceptors (Lipinski definition) is 1. The van der Waals surface area contributed by atoms with Crippen LogP contribution < -0.4 is 5.32 Å². The molecule has 0 radical (unpaired) electrons. The van der Waals surface area contributed by atoms with Crippen LogP contribution >= 0.6 is 15.9 Å². The molecule has 2 nitrogen and oxygen atoms in total. The summed E-state index contributed by atoms with van der Waals surface area (Å²) in [5, 5.41) is 2.14. The second-order valence-corrected chi connectivity index (χ2v) is 5.02. The quantitative estimate of drug-likeness (QED) is 0.803. The fourth-order valence-corrected chi connectivity index (χ4v) is 1.95. The molecule has 0 bridgehead atoms. The van der Waals surface area contributed by atoms with Crippen LogP contribution in [0.4, 0.5) is 18.9 Å². The second-order valence-electron chi connectivity index (χ2n) is 4.17. The molecule has 0 saturated carbocycles. The van der Waals surface area contributed by atoms with Gasteiger partial charge in [-0.2, -0.15) is 0 Å². The van der Waals surface area contributed by atoms with Crippen LogP contribution in [0.15, 0.2) is 34.8 Å². The lowest BCUT2D eigenvalue weighted by Gasteiger charge is -2.08. The van der Waals surface area contributed by atoms with E-state index in [1.165, 1.54) is 12.1 Å². The molecule has 1 N–H and O–H groups in total. The zero-order valence-electron chi connectivity index (χ0n) is 10.3. The first kappa shape index (κ1) is 14.6. The van der Waals surface area contributed by atoms with E-state index in [1.807, 2.05) is 6.92 Å². The molecule has 20 heavy (non-hydrogen) atoms. The molecule has 1 amide bonds. The van der Waals surface area contributed by atoms with Crippen LogP contribution in [0.5, 0.6) is 0 Å². The van der Waals surface area contributed by atoms with Crippen LogP contribution in [0.1, 0.15) is 15.9 Å². The minimum absolute atomic E-state index is 0.242. The molecule has 2 aromatic rings. The molecule has 0 aliphatic rings. The van der Waals surface area contributed by atoms with Crippen molar-refractivity contribution >= 4 is 27.5 Å². The van der Waals surface area contributed by atoms with E-state index in [0.29, 0.717) is 10.5 Å². The monoisotopic (exact) mass is 343 g/mol. The van der Waals surface area contributed by atoms with Crippen molar-refractivity contribution in [2.45, 2.75) is 6.92 Å². The van der Waals surface area contributed by atoms with Crippen molar-refractivity contribution in [1.29, 1.82) is 0 Å². The van der Waals surface area contributed by atoms with Crippen LogP contribution in [-0.4, -0.2) is 5.91 Å². The molecule has 0 aliphatic carbocycles. The average molecular weight is 344 g/mol. The molecule has 0 atom stereocenters. The third kappa shape index (κ3) is 3.01. The lowest BCUT2D eigenvalue weighted by Crippen LogP contribution is -2.14. The predicted octanol–water partition coefficient (Wildman–Crippen LogP) is 4.43. The summed E-state index contributed by atoms with van der Waals surface area (Å²) >= 11 is 3.26. The van der Waals surface area contributed by atoms with Crippen LogP contribution in [0.3, 0.4) is 0 Å². The van der Waals surface area contributed by atoms with Gasteiger partial charge in [0, 0.05) is 22.2 Å². The Morgan fingerprint density at radius 2 is 1.85 bits per heavy atom. The van der Waals surface area contributed by atoms with Gasteiger partial charge < -0.3 is 5.32 Å². The molecule has 0 saturated heterocycles. The molecule has 2 rings (SSSR count). The highest BCUT2D eigenvalue weighted by Gasteiger charge is 2.15. The van der Waals surface area contributed by atoms with E-state index in [9.17, 15) is 18.0 Å². The lowest BCUT2D eigenvalue weighted by atomic mass is 10.1. The smallest absolute Gasteiger partial charge is 0.255 e. The standard InChI is InChI=1S/C14H9BrF3NO/c1-7-2-3-8(4-10(7)15)14(20)19-12-6-9(16)5-11(17)13(12)18/h2-6H,1H3,(H,19,20). The summed E-state index contributed by atoms with van der Waals surface area (Å²) in [6.07, 6.45) is 0. The van der Waals surface area contributed by atoms with Gasteiger partial charge in [0.05, 0.1) is 5.69 Å². The SMILES string of the molecule is Cc1ccc(C(=O)Nc2cc(F)cc(F)c2F)cc1Br. The van der Waals surface area contributed by atoms with Gasteiger partial charge in [-0.25, -0.2) is 13.2 Å². The molecule has 2 aromatic carbocycles. The Hall–Kier alpha value is -1.82. The van der Waals surface area contributed by atoms with Crippen molar-refractivity contribution in [1.82, 2.24) is 0 Å². The van der Waals surface area contributed by atoms with E-state index < -0.39 is 29.0 Å². The number of carbonyl (C=O) groups excluding carboxylic acids is 1. The van der Waals surface area contributed by atoms with Crippen molar-refractivity contribution < 1.29 is 18.0 Å². The number of anilines is 1. The zero-order valence-corrected chi connectivity index (χ0v) is 11.9. The Bertz CT molecular complexity index is 688. The first-order valence-corrected chi connectivity index (χ1v) is 6.40. The largest absolute Gasteiger partial charge is 0.319 e. The fourth-order valence-electron chi connectivity index (χ4n) is 1.58. The molecular formula is C14H9BrF3NO. The fraction of sp³-hybridized carbons (Fsp3) is 0.0714. The number of carbonyl (C=O) groups is 1. The van der Waals surface area contributed by atoms with E-state index in [4.69, 9.17) is 0 Å². The minimum Gasteiger partial charge on any atom is -0.319 e. The Kier molecular flexibility index (Phi) is 4.13. The van der Waals surface area contributed by atoms with Gasteiger partial charge in [0.25, 0.3) is 5.91 Å². The maximum atomic E-state index is 13.4. The van der Waals surface area contributed by atoms with E-state index in [0.717, 1.165) is 11.6 Å². The molecular weight excluding hydrogens is 335 g/mol. The summed E-state index contributed by atoms with van der Waals surface area (Å²) in [6, 6.07) is 5.90. The maximum absolute atomic E-state index is 13.4. The highest BCUT2D eigenvalue weighted by atomic mass is 79.9. The van der Waals surface area contributed by atoms with Crippen LogP contribution in [0.25, 0.3) is 0 Å². The molecule has 104 valence electrons. The van der Waals surface area contributed by atoms with Gasteiger partial charge >= 0.3 is 0 Å². The van der Waals surface area contributed by atoms with Crippen molar-refractivity contribution in [3.05, 3.63) is 63.4 Å². The normalized spacial score (nSPS) is 10.4. The molecule has 0 aliphatic heterocycles. The van der Waals surface area contributed by atoms with Gasteiger partial charge in [-0.05, 0) is 24.6 Å². The Labute approximate surface area is 121 Å². The molecule has 0 fully saturated rings. The summed E-state index contributed by atoms with van der Waals surface area (Å²) in [4.78, 5) is 11.9. The second kappa shape index (κ2) is 5.66. The summed E-state index contributed by atoms with van der Waals surface area (Å²) in [5.41, 5.74) is 0.625. The Balaban J connectivity index is 2.30. The third-order valence-corrected chi connectivity index (χ3v) is 3.53. The number of amides is 1. The summed E-state index contributed by atoms with van der Waals surface area (Å²) < 4.78 is 40.2. The number of benzene rings is 2. The minimum atomic E-state index is -1.36. The van der Waals surface area contributed by atoms with E-state index in [1.54, 1.807) is 6.07 Å². The van der Waals surface area contributed by atoms with Gasteiger partial charge in [0.1, 0.15) is 5.82 Å². The summed E-state index contributed by atoms with van der Waals surface area (Å²) in [6.45, 7) is 1.84. The molecule has 0 spiro atoms. The van der Waals surface area contributed by atoms with Gasteiger partial charge in [0.15, 0.2) is 11.6 Å². The molecule has 0 heterocycles. The van der Waals surface area contributed by atoms with E-state index >= 15 is 0 Å². The maximum Gasteiger partial charge on any atom is 0.255 e. The number of hydrogen-bond donors (Lipinski definition) is 1. The Morgan fingerprint density at radius 1 is 1.15 bits per heavy atom. The number of aryl methyl sites for hydroxylation is 1. The van der Waals surface area contributed by atoms with E-state index in [-0.39, 0.29) is 5.56 Å². The predicted molar refractivity (Wildman–Crippen MR) is 73.1 cm³/mol. The Morgan fingerprint density at radius 3 is 2.50 bits per heavy atom. The third-order valence-electron chi connectivity index (χ3n) is 2.68. The van der Waals surface area contributed by atoms with Gasteiger partial charge in [-0.3, -0.25) is 4.79 Å². The molecule has 6 heteroatoms. The highest BCUT2D eigenvalue weighted by Crippen LogP contribution is 2.22. The summed E-state index contributed by atoms with van der Waals surface area (Å²) in [5.74, 6) is -4.28. The van der Waals surface area contributed by atoms with Crippen LogP contribution in [0, 0.1) is 24.4 Å². The van der Waals surface area contributed by atoms with Crippen molar-refractivity contribution in [2.75, 3.05) is 5.32 Å². The topological polar surface area (TPSA) is 29.1 Å². The van der Waals surface area contributed by atoms with Crippen LogP contribution in [-0.2, 0) is 0 Å². The molecule has 0 unspecified atom stereocenters.